The molecule has 0 unspecified atom stereocenters. The summed E-state index contributed by atoms with van der Waals surface area (Å²) in [4.78, 5) is 14.6. The maximum Gasteiger partial charge on any atom is 0.338 e. The van der Waals surface area contributed by atoms with Crippen molar-refractivity contribution in [1.82, 2.24) is 4.90 Å². The van der Waals surface area contributed by atoms with Gasteiger partial charge in [-0.2, -0.15) is 0 Å². The number of hydrogen-bond acceptors (Lipinski definition) is 5. The highest BCUT2D eigenvalue weighted by atomic mass is 16.5. The van der Waals surface area contributed by atoms with Crippen molar-refractivity contribution in [3.05, 3.63) is 95.1 Å². The van der Waals surface area contributed by atoms with E-state index < -0.39 is 0 Å². The first-order chi connectivity index (χ1) is 14.6. The number of methoxy groups -OCH3 is 2. The number of rotatable bonds is 9. The SMILES string of the molecule is COc1cc(COC(=O)c2ccc(CN(C)Cc3ccccc3)cc2)cc(OC)c1. The predicted molar refractivity (Wildman–Crippen MR) is 117 cm³/mol. The zero-order valence-electron chi connectivity index (χ0n) is 17.6. The van der Waals surface area contributed by atoms with E-state index in [1.165, 1.54) is 5.56 Å². The van der Waals surface area contributed by atoms with Crippen LogP contribution in [0.3, 0.4) is 0 Å². The molecule has 0 amide bonds. The van der Waals surface area contributed by atoms with Gasteiger partial charge in [0.2, 0.25) is 0 Å². The van der Waals surface area contributed by atoms with Gasteiger partial charge in [-0.3, -0.25) is 4.90 Å². The fourth-order valence-electron chi connectivity index (χ4n) is 3.19. The van der Waals surface area contributed by atoms with Gasteiger partial charge in [-0.25, -0.2) is 4.79 Å². The predicted octanol–water partition coefficient (Wildman–Crippen LogP) is 4.69. The molecular weight excluding hydrogens is 378 g/mol. The summed E-state index contributed by atoms with van der Waals surface area (Å²) in [5.41, 5.74) is 3.75. The molecule has 30 heavy (non-hydrogen) atoms. The van der Waals surface area contributed by atoms with E-state index in [0.717, 1.165) is 24.2 Å². The molecule has 0 aromatic heterocycles. The second-order valence-electron chi connectivity index (χ2n) is 7.15. The van der Waals surface area contributed by atoms with Gasteiger partial charge in [-0.1, -0.05) is 42.5 Å². The van der Waals surface area contributed by atoms with Gasteiger partial charge in [0.05, 0.1) is 19.8 Å². The van der Waals surface area contributed by atoms with Crippen molar-refractivity contribution in [2.24, 2.45) is 0 Å². The molecule has 0 aliphatic heterocycles. The Morgan fingerprint density at radius 2 is 1.33 bits per heavy atom. The molecule has 5 nitrogen and oxygen atoms in total. The molecule has 0 saturated carbocycles. The van der Waals surface area contributed by atoms with Gasteiger partial charge < -0.3 is 14.2 Å². The summed E-state index contributed by atoms with van der Waals surface area (Å²) in [6, 6.07) is 23.3. The normalized spacial score (nSPS) is 10.7. The van der Waals surface area contributed by atoms with E-state index in [9.17, 15) is 4.79 Å². The van der Waals surface area contributed by atoms with Crippen molar-refractivity contribution >= 4 is 5.97 Å². The minimum atomic E-state index is -0.360. The Morgan fingerprint density at radius 3 is 1.90 bits per heavy atom. The van der Waals surface area contributed by atoms with E-state index in [0.29, 0.717) is 17.1 Å². The highest BCUT2D eigenvalue weighted by Crippen LogP contribution is 2.23. The van der Waals surface area contributed by atoms with Crippen molar-refractivity contribution in [2.75, 3.05) is 21.3 Å². The second kappa shape index (κ2) is 10.5. The Labute approximate surface area is 177 Å². The van der Waals surface area contributed by atoms with Crippen LogP contribution >= 0.6 is 0 Å². The summed E-state index contributed by atoms with van der Waals surface area (Å²) in [5, 5.41) is 0. The van der Waals surface area contributed by atoms with Gasteiger partial charge in [0.25, 0.3) is 0 Å². The number of hydrogen-bond donors (Lipinski definition) is 0. The lowest BCUT2D eigenvalue weighted by Crippen LogP contribution is -2.17. The molecule has 0 bridgehead atoms. The maximum atomic E-state index is 12.4. The fraction of sp³-hybridized carbons (Fsp3) is 0.240. The van der Waals surface area contributed by atoms with Crippen molar-refractivity contribution in [1.29, 1.82) is 0 Å². The molecule has 0 saturated heterocycles. The zero-order valence-corrected chi connectivity index (χ0v) is 17.6. The first-order valence-electron chi connectivity index (χ1n) is 9.78. The van der Waals surface area contributed by atoms with E-state index >= 15 is 0 Å². The monoisotopic (exact) mass is 405 g/mol. The Bertz CT molecular complexity index is 932. The van der Waals surface area contributed by atoms with Crippen LogP contribution in [0.5, 0.6) is 11.5 Å². The van der Waals surface area contributed by atoms with Crippen LogP contribution in [-0.2, 0) is 24.4 Å². The summed E-state index contributed by atoms with van der Waals surface area (Å²) < 4.78 is 15.9. The van der Waals surface area contributed by atoms with Crippen LogP contribution in [-0.4, -0.2) is 32.1 Å². The molecule has 3 aromatic carbocycles. The van der Waals surface area contributed by atoms with E-state index in [4.69, 9.17) is 14.2 Å². The minimum absolute atomic E-state index is 0.147. The fourth-order valence-corrected chi connectivity index (χ4v) is 3.19. The summed E-state index contributed by atoms with van der Waals surface area (Å²) in [7, 11) is 5.25. The standard InChI is InChI=1S/C25H27NO4/c1-26(16-19-7-5-4-6-8-19)17-20-9-11-22(12-10-20)25(27)30-18-21-13-23(28-2)15-24(14-21)29-3/h4-15H,16-18H2,1-3H3. The van der Waals surface area contributed by atoms with Gasteiger partial charge in [0.15, 0.2) is 0 Å². The maximum absolute atomic E-state index is 12.4. The van der Waals surface area contributed by atoms with E-state index in [-0.39, 0.29) is 12.6 Å². The zero-order chi connectivity index (χ0) is 21.3. The van der Waals surface area contributed by atoms with Crippen LogP contribution in [0.1, 0.15) is 27.0 Å². The third-order valence-corrected chi connectivity index (χ3v) is 4.72. The van der Waals surface area contributed by atoms with E-state index in [2.05, 4.69) is 24.1 Å². The van der Waals surface area contributed by atoms with Crippen LogP contribution in [0.15, 0.2) is 72.8 Å². The van der Waals surface area contributed by atoms with Crippen molar-refractivity contribution in [2.45, 2.75) is 19.7 Å². The van der Waals surface area contributed by atoms with Crippen LogP contribution in [0, 0.1) is 0 Å². The molecule has 0 aliphatic rings. The second-order valence-corrected chi connectivity index (χ2v) is 7.15. The number of benzene rings is 3. The topological polar surface area (TPSA) is 48.0 Å². The average Bonchev–Trinajstić information content (AvgIpc) is 2.78. The third kappa shape index (κ3) is 6.09. The average molecular weight is 405 g/mol. The number of nitrogens with zero attached hydrogens (tertiary/aromatic N) is 1. The number of ether oxygens (including phenoxy) is 3. The summed E-state index contributed by atoms with van der Waals surface area (Å²) >= 11 is 0. The van der Waals surface area contributed by atoms with Gasteiger partial charge in [-0.05, 0) is 48.0 Å². The molecule has 0 aliphatic carbocycles. The molecule has 0 radical (unpaired) electrons. The smallest absolute Gasteiger partial charge is 0.338 e. The number of carbonyl (C=O) groups is 1. The Balaban J connectivity index is 1.55. The van der Waals surface area contributed by atoms with Gasteiger partial charge >= 0.3 is 5.97 Å². The number of carbonyl (C=O) groups excluding carboxylic acids is 1. The van der Waals surface area contributed by atoms with Crippen molar-refractivity contribution in [3.63, 3.8) is 0 Å². The lowest BCUT2D eigenvalue weighted by molar-refractivity contribution is 0.0472. The van der Waals surface area contributed by atoms with Crippen molar-refractivity contribution < 1.29 is 19.0 Å². The number of esters is 1. The first kappa shape index (κ1) is 21.4. The van der Waals surface area contributed by atoms with Gasteiger partial charge in [0, 0.05) is 19.2 Å². The molecule has 3 rings (SSSR count). The molecule has 5 heteroatoms. The molecule has 0 atom stereocenters. The van der Waals surface area contributed by atoms with Crippen molar-refractivity contribution in [3.8, 4) is 11.5 Å². The molecule has 0 fully saturated rings. The summed E-state index contributed by atoms with van der Waals surface area (Å²) in [5.74, 6) is 0.953. The third-order valence-electron chi connectivity index (χ3n) is 4.72. The highest BCUT2D eigenvalue weighted by molar-refractivity contribution is 5.89. The Kier molecular flexibility index (Phi) is 7.46. The van der Waals surface area contributed by atoms with Crippen LogP contribution in [0.4, 0.5) is 0 Å². The highest BCUT2D eigenvalue weighted by Gasteiger charge is 2.10. The van der Waals surface area contributed by atoms with Crippen LogP contribution in [0.25, 0.3) is 0 Å². The van der Waals surface area contributed by atoms with E-state index in [1.54, 1.807) is 32.4 Å². The molecule has 156 valence electrons. The molecule has 0 heterocycles. The summed E-state index contributed by atoms with van der Waals surface area (Å²) in [6.07, 6.45) is 0. The quantitative estimate of drug-likeness (QED) is 0.483. The lowest BCUT2D eigenvalue weighted by atomic mass is 10.1. The van der Waals surface area contributed by atoms with Crippen LogP contribution in [0.2, 0.25) is 0 Å². The molecule has 0 N–H and O–H groups in total. The summed E-state index contributed by atoms with van der Waals surface area (Å²) in [6.45, 7) is 1.82. The van der Waals surface area contributed by atoms with Gasteiger partial charge in [0.1, 0.15) is 18.1 Å². The Hall–Kier alpha value is -3.31. The van der Waals surface area contributed by atoms with Gasteiger partial charge in [-0.15, -0.1) is 0 Å². The largest absolute Gasteiger partial charge is 0.497 e. The first-order valence-corrected chi connectivity index (χ1v) is 9.78. The Morgan fingerprint density at radius 1 is 0.767 bits per heavy atom. The lowest BCUT2D eigenvalue weighted by Gasteiger charge is -2.17. The molecule has 0 spiro atoms. The van der Waals surface area contributed by atoms with E-state index in [1.807, 2.05) is 42.5 Å². The molecular formula is C25H27NO4. The van der Waals surface area contributed by atoms with Crippen LogP contribution < -0.4 is 9.47 Å². The molecule has 3 aromatic rings. The minimum Gasteiger partial charge on any atom is -0.497 e.